The first kappa shape index (κ1) is 12.0. The number of hydrogen-bond donors (Lipinski definition) is 2. The van der Waals surface area contributed by atoms with E-state index >= 15 is 0 Å². The molecule has 4 nitrogen and oxygen atoms in total. The van der Waals surface area contributed by atoms with Crippen LogP contribution in [0.2, 0.25) is 0 Å². The van der Waals surface area contributed by atoms with Crippen molar-refractivity contribution in [2.75, 3.05) is 11.5 Å². The van der Waals surface area contributed by atoms with Gasteiger partial charge in [-0.3, -0.25) is 0 Å². The molecule has 2 rings (SSSR count). The maximum Gasteiger partial charge on any atom is 0.154 e. The topological polar surface area (TPSA) is 66.4 Å². The molecule has 0 aliphatic carbocycles. The number of aliphatic hydroxyl groups excluding tert-OH is 1. The highest BCUT2D eigenvalue weighted by Gasteiger charge is 2.36. The molecule has 2 N–H and O–H groups in total. The molecule has 1 saturated heterocycles. The second-order valence-corrected chi connectivity index (χ2v) is 7.29. The Balaban J connectivity index is 2.01. The SMILES string of the molecule is CC(NC1CS(=O)(=O)CC1O)c1cccs1. The Morgan fingerprint density at radius 2 is 2.31 bits per heavy atom. The summed E-state index contributed by atoms with van der Waals surface area (Å²) in [5.41, 5.74) is 0. The second kappa shape index (κ2) is 4.44. The minimum absolute atomic E-state index is 0.0316. The molecular formula is C10H15NO3S2. The smallest absolute Gasteiger partial charge is 0.154 e. The monoisotopic (exact) mass is 261 g/mol. The summed E-state index contributed by atoms with van der Waals surface area (Å²) in [4.78, 5) is 1.15. The predicted molar refractivity (Wildman–Crippen MR) is 64.3 cm³/mol. The molecule has 1 fully saturated rings. The molecule has 0 aromatic carbocycles. The van der Waals surface area contributed by atoms with Crippen molar-refractivity contribution in [1.29, 1.82) is 0 Å². The third-order valence-corrected chi connectivity index (χ3v) is 5.53. The van der Waals surface area contributed by atoms with Crippen LogP contribution >= 0.6 is 11.3 Å². The predicted octanol–water partition coefficient (Wildman–Crippen LogP) is 0.557. The summed E-state index contributed by atoms with van der Waals surface area (Å²) < 4.78 is 22.6. The maximum atomic E-state index is 11.3. The first-order valence-corrected chi connectivity index (χ1v) is 7.86. The molecular weight excluding hydrogens is 246 g/mol. The van der Waals surface area contributed by atoms with Gasteiger partial charge in [-0.05, 0) is 18.4 Å². The van der Waals surface area contributed by atoms with E-state index < -0.39 is 15.9 Å². The molecule has 0 spiro atoms. The van der Waals surface area contributed by atoms with E-state index in [1.54, 1.807) is 11.3 Å². The molecule has 1 aliphatic rings. The van der Waals surface area contributed by atoms with Crippen LogP contribution in [0, 0.1) is 0 Å². The fourth-order valence-corrected chi connectivity index (χ4v) is 4.43. The van der Waals surface area contributed by atoms with Crippen molar-refractivity contribution < 1.29 is 13.5 Å². The van der Waals surface area contributed by atoms with E-state index in [0.717, 1.165) is 4.88 Å². The highest BCUT2D eigenvalue weighted by atomic mass is 32.2. The summed E-state index contributed by atoms with van der Waals surface area (Å²) in [5, 5.41) is 14.8. The van der Waals surface area contributed by atoms with Gasteiger partial charge >= 0.3 is 0 Å². The van der Waals surface area contributed by atoms with Gasteiger partial charge in [-0.25, -0.2) is 8.42 Å². The van der Waals surface area contributed by atoms with Crippen molar-refractivity contribution in [3.8, 4) is 0 Å². The molecule has 0 amide bonds. The quantitative estimate of drug-likeness (QED) is 0.834. The van der Waals surface area contributed by atoms with Gasteiger partial charge in [0.05, 0.1) is 17.6 Å². The Labute approximate surface area is 99.2 Å². The summed E-state index contributed by atoms with van der Waals surface area (Å²) in [6, 6.07) is 3.69. The van der Waals surface area contributed by atoms with Crippen molar-refractivity contribution in [3.63, 3.8) is 0 Å². The fraction of sp³-hybridized carbons (Fsp3) is 0.600. The van der Waals surface area contributed by atoms with Gasteiger partial charge < -0.3 is 10.4 Å². The van der Waals surface area contributed by atoms with Crippen LogP contribution in [0.5, 0.6) is 0 Å². The van der Waals surface area contributed by atoms with Gasteiger partial charge in [0.15, 0.2) is 9.84 Å². The third kappa shape index (κ3) is 2.63. The Morgan fingerprint density at radius 3 is 2.81 bits per heavy atom. The molecule has 3 atom stereocenters. The molecule has 1 aliphatic heterocycles. The van der Waals surface area contributed by atoms with Gasteiger partial charge in [-0.15, -0.1) is 11.3 Å². The number of thiophene rings is 1. The minimum atomic E-state index is -3.07. The summed E-state index contributed by atoms with van der Waals surface area (Å²) in [6.45, 7) is 1.98. The molecule has 1 aromatic heterocycles. The number of sulfone groups is 1. The second-order valence-electron chi connectivity index (χ2n) is 4.15. The standard InChI is InChI=1S/C10H15NO3S2/c1-7(10-3-2-4-15-10)11-8-5-16(13,14)6-9(8)12/h2-4,7-9,11-12H,5-6H2,1H3. The number of rotatable bonds is 3. The molecule has 16 heavy (non-hydrogen) atoms. The Morgan fingerprint density at radius 1 is 1.56 bits per heavy atom. The van der Waals surface area contributed by atoms with Crippen LogP contribution in [0.25, 0.3) is 0 Å². The van der Waals surface area contributed by atoms with E-state index in [9.17, 15) is 13.5 Å². The summed E-state index contributed by atoms with van der Waals surface area (Å²) >= 11 is 1.62. The summed E-state index contributed by atoms with van der Waals surface area (Å²) in [6.07, 6.45) is -0.785. The number of aliphatic hydroxyl groups is 1. The van der Waals surface area contributed by atoms with Crippen LogP contribution in [0.15, 0.2) is 17.5 Å². The Hall–Kier alpha value is -0.430. The van der Waals surface area contributed by atoms with Crippen LogP contribution in [-0.4, -0.2) is 37.2 Å². The van der Waals surface area contributed by atoms with E-state index in [-0.39, 0.29) is 23.6 Å². The number of hydrogen-bond acceptors (Lipinski definition) is 5. The zero-order valence-corrected chi connectivity index (χ0v) is 10.6. The molecule has 1 aromatic rings. The van der Waals surface area contributed by atoms with Crippen molar-refractivity contribution in [2.24, 2.45) is 0 Å². The zero-order chi connectivity index (χ0) is 11.8. The summed E-state index contributed by atoms with van der Waals surface area (Å²) in [7, 11) is -3.07. The van der Waals surface area contributed by atoms with Crippen molar-refractivity contribution in [1.82, 2.24) is 5.32 Å². The van der Waals surface area contributed by atoms with Crippen molar-refractivity contribution in [2.45, 2.75) is 25.1 Å². The Bertz CT molecular complexity index is 441. The van der Waals surface area contributed by atoms with Crippen LogP contribution in [-0.2, 0) is 9.84 Å². The molecule has 0 bridgehead atoms. The van der Waals surface area contributed by atoms with Crippen molar-refractivity contribution in [3.05, 3.63) is 22.4 Å². The fourth-order valence-electron chi connectivity index (χ4n) is 1.93. The first-order valence-electron chi connectivity index (χ1n) is 5.16. The van der Waals surface area contributed by atoms with Crippen LogP contribution in [0.4, 0.5) is 0 Å². The van der Waals surface area contributed by atoms with Gasteiger partial charge in [0.1, 0.15) is 0 Å². The average molecular weight is 261 g/mol. The van der Waals surface area contributed by atoms with E-state index in [1.807, 2.05) is 24.4 Å². The molecule has 90 valence electrons. The zero-order valence-electron chi connectivity index (χ0n) is 8.96. The maximum absolute atomic E-state index is 11.3. The lowest BCUT2D eigenvalue weighted by molar-refractivity contribution is 0.160. The van der Waals surface area contributed by atoms with E-state index in [2.05, 4.69) is 5.32 Å². The van der Waals surface area contributed by atoms with Crippen molar-refractivity contribution >= 4 is 21.2 Å². The average Bonchev–Trinajstić information content (AvgIpc) is 2.74. The third-order valence-electron chi connectivity index (χ3n) is 2.76. The lowest BCUT2D eigenvalue weighted by Gasteiger charge is -2.19. The lowest BCUT2D eigenvalue weighted by Crippen LogP contribution is -2.40. The highest BCUT2D eigenvalue weighted by Crippen LogP contribution is 2.21. The largest absolute Gasteiger partial charge is 0.390 e. The molecule has 0 radical (unpaired) electrons. The van der Waals surface area contributed by atoms with E-state index in [0.29, 0.717) is 0 Å². The Kier molecular flexibility index (Phi) is 3.34. The van der Waals surface area contributed by atoms with Gasteiger partial charge in [0.2, 0.25) is 0 Å². The summed E-state index contributed by atoms with van der Waals surface area (Å²) in [5.74, 6) is -0.0916. The lowest BCUT2D eigenvalue weighted by atomic mass is 10.1. The minimum Gasteiger partial charge on any atom is -0.390 e. The normalized spacial score (nSPS) is 30.4. The highest BCUT2D eigenvalue weighted by molar-refractivity contribution is 7.91. The van der Waals surface area contributed by atoms with Gasteiger partial charge in [0, 0.05) is 17.0 Å². The van der Waals surface area contributed by atoms with Crippen LogP contribution < -0.4 is 5.32 Å². The van der Waals surface area contributed by atoms with E-state index in [4.69, 9.17) is 0 Å². The van der Waals surface area contributed by atoms with Gasteiger partial charge in [0.25, 0.3) is 0 Å². The molecule has 6 heteroatoms. The van der Waals surface area contributed by atoms with Gasteiger partial charge in [-0.1, -0.05) is 6.07 Å². The molecule has 0 saturated carbocycles. The van der Waals surface area contributed by atoms with Crippen LogP contribution in [0.3, 0.4) is 0 Å². The first-order chi connectivity index (χ1) is 7.48. The van der Waals surface area contributed by atoms with Gasteiger partial charge in [-0.2, -0.15) is 0 Å². The number of nitrogens with one attached hydrogen (secondary N) is 1. The van der Waals surface area contributed by atoms with E-state index in [1.165, 1.54) is 0 Å². The molecule has 2 heterocycles. The van der Waals surface area contributed by atoms with Crippen LogP contribution in [0.1, 0.15) is 17.8 Å². The molecule has 3 unspecified atom stereocenters.